The zero-order valence-electron chi connectivity index (χ0n) is 17.3. The van der Waals surface area contributed by atoms with E-state index in [9.17, 15) is 9.59 Å². The largest absolute Gasteiger partial charge is 0.342 e. The third-order valence-electron chi connectivity index (χ3n) is 5.00. The third kappa shape index (κ3) is 4.19. The number of benzene rings is 2. The van der Waals surface area contributed by atoms with Gasteiger partial charge in [-0.3, -0.25) is 9.59 Å². The fourth-order valence-corrected chi connectivity index (χ4v) is 4.70. The van der Waals surface area contributed by atoms with Crippen LogP contribution in [-0.2, 0) is 4.79 Å². The topological polar surface area (TPSA) is 76.0 Å². The number of halogens is 1. The number of carbonyl (C=O) groups is 2. The van der Waals surface area contributed by atoms with Crippen molar-refractivity contribution in [2.75, 3.05) is 11.9 Å². The molecule has 2 heterocycles. The van der Waals surface area contributed by atoms with Crippen LogP contribution in [0.15, 0.2) is 48.5 Å². The minimum atomic E-state index is -0.303. The molecule has 6 nitrogen and oxygen atoms in total. The van der Waals surface area contributed by atoms with E-state index in [2.05, 4.69) is 15.7 Å². The van der Waals surface area contributed by atoms with Crippen LogP contribution in [0.2, 0.25) is 5.02 Å². The summed E-state index contributed by atoms with van der Waals surface area (Å²) in [6.45, 7) is 5.64. The molecule has 8 heteroatoms. The number of nitrogens with zero attached hydrogens (tertiary/aromatic N) is 2. The smallest absolute Gasteiger partial charge is 0.261 e. The molecule has 2 N–H and O–H groups in total. The Bertz CT molecular complexity index is 1290. The summed E-state index contributed by atoms with van der Waals surface area (Å²) >= 11 is 7.65. The molecule has 0 atom stereocenters. The Morgan fingerprint density at radius 1 is 1.06 bits per heavy atom. The summed E-state index contributed by atoms with van der Waals surface area (Å²) in [5.74, 6) is -0.576. The summed E-state index contributed by atoms with van der Waals surface area (Å²) < 4.78 is 1.75. The predicted octanol–water partition coefficient (Wildman–Crippen LogP) is 5.03. The number of rotatable bonds is 5. The van der Waals surface area contributed by atoms with Crippen molar-refractivity contribution in [2.24, 2.45) is 0 Å². The second-order valence-electron chi connectivity index (χ2n) is 7.28. The molecule has 2 aromatic heterocycles. The summed E-state index contributed by atoms with van der Waals surface area (Å²) in [6, 6.07) is 15.0. The number of fused-ring (bicyclic) bond motifs is 1. The summed E-state index contributed by atoms with van der Waals surface area (Å²) in [5, 5.41) is 11.6. The van der Waals surface area contributed by atoms with Crippen molar-refractivity contribution in [3.05, 3.63) is 75.3 Å². The van der Waals surface area contributed by atoms with E-state index in [1.165, 1.54) is 11.3 Å². The van der Waals surface area contributed by atoms with Gasteiger partial charge in [-0.05, 0) is 50.1 Å². The number of thiophene rings is 1. The lowest BCUT2D eigenvalue weighted by molar-refractivity contribution is -0.115. The van der Waals surface area contributed by atoms with Gasteiger partial charge in [0.2, 0.25) is 5.91 Å². The first kappa shape index (κ1) is 21.1. The van der Waals surface area contributed by atoms with Crippen molar-refractivity contribution < 1.29 is 9.59 Å². The molecule has 2 aromatic carbocycles. The summed E-state index contributed by atoms with van der Waals surface area (Å²) in [6.07, 6.45) is 0. The molecule has 158 valence electrons. The standard InChI is InChI=1S/C23H21ClN4O2S/c1-13-7-6-8-14(2)21(13)26-20(29)12-25-22(30)19-11-16-15(3)27-28(23(16)31-19)18-10-5-4-9-17(18)24/h4-11H,12H2,1-3H3,(H,25,30)(H,26,29). The molecule has 2 amide bonds. The molecular formula is C23H21ClN4O2S. The maximum absolute atomic E-state index is 12.7. The molecule has 0 saturated carbocycles. The molecule has 0 aliphatic heterocycles. The van der Waals surface area contributed by atoms with E-state index < -0.39 is 0 Å². The van der Waals surface area contributed by atoms with Crippen molar-refractivity contribution in [2.45, 2.75) is 20.8 Å². The van der Waals surface area contributed by atoms with E-state index in [0.29, 0.717) is 9.90 Å². The van der Waals surface area contributed by atoms with E-state index in [4.69, 9.17) is 11.6 Å². The molecule has 31 heavy (non-hydrogen) atoms. The van der Waals surface area contributed by atoms with Crippen LogP contribution in [0.25, 0.3) is 15.9 Å². The Morgan fingerprint density at radius 3 is 2.48 bits per heavy atom. The second kappa shape index (κ2) is 8.53. The first-order chi connectivity index (χ1) is 14.8. The SMILES string of the molecule is Cc1cccc(C)c1NC(=O)CNC(=O)c1cc2c(C)nn(-c3ccccc3Cl)c2s1. The number of nitrogens with one attached hydrogen (secondary N) is 2. The lowest BCUT2D eigenvalue weighted by atomic mass is 10.1. The van der Waals surface area contributed by atoms with Gasteiger partial charge >= 0.3 is 0 Å². The highest BCUT2D eigenvalue weighted by Gasteiger charge is 2.19. The number of aromatic nitrogens is 2. The Balaban J connectivity index is 1.50. The Kier molecular flexibility index (Phi) is 5.80. The highest BCUT2D eigenvalue weighted by Crippen LogP contribution is 2.32. The van der Waals surface area contributed by atoms with Gasteiger partial charge in [-0.25, -0.2) is 4.68 Å². The number of para-hydroxylation sites is 2. The van der Waals surface area contributed by atoms with E-state index in [1.54, 1.807) is 16.8 Å². The Hall–Kier alpha value is -3.16. The van der Waals surface area contributed by atoms with Gasteiger partial charge in [-0.1, -0.05) is 41.9 Å². The first-order valence-electron chi connectivity index (χ1n) is 9.73. The van der Waals surface area contributed by atoms with Crippen molar-refractivity contribution in [3.63, 3.8) is 0 Å². The van der Waals surface area contributed by atoms with E-state index in [-0.39, 0.29) is 18.4 Å². The number of anilines is 1. The van der Waals surface area contributed by atoms with E-state index in [0.717, 1.165) is 38.4 Å². The second-order valence-corrected chi connectivity index (χ2v) is 8.71. The van der Waals surface area contributed by atoms with Gasteiger partial charge in [0.15, 0.2) is 0 Å². The predicted molar refractivity (Wildman–Crippen MR) is 126 cm³/mol. The van der Waals surface area contributed by atoms with Crippen LogP contribution in [-0.4, -0.2) is 28.1 Å². The quantitative estimate of drug-likeness (QED) is 0.445. The highest BCUT2D eigenvalue weighted by atomic mass is 35.5. The molecule has 0 spiro atoms. The molecule has 4 rings (SSSR count). The van der Waals surface area contributed by atoms with Gasteiger partial charge in [0, 0.05) is 11.1 Å². The summed E-state index contributed by atoms with van der Waals surface area (Å²) in [4.78, 5) is 26.4. The van der Waals surface area contributed by atoms with Gasteiger partial charge in [-0.15, -0.1) is 11.3 Å². The molecule has 0 unspecified atom stereocenters. The van der Waals surface area contributed by atoms with Gasteiger partial charge in [0.25, 0.3) is 5.91 Å². The van der Waals surface area contributed by atoms with Crippen LogP contribution >= 0.6 is 22.9 Å². The number of amides is 2. The normalized spacial score (nSPS) is 11.0. The average molecular weight is 453 g/mol. The van der Waals surface area contributed by atoms with Gasteiger partial charge in [0.1, 0.15) is 4.83 Å². The Labute approximate surface area is 188 Å². The molecule has 0 fully saturated rings. The van der Waals surface area contributed by atoms with Crippen LogP contribution in [0.1, 0.15) is 26.5 Å². The van der Waals surface area contributed by atoms with Crippen LogP contribution in [0.4, 0.5) is 5.69 Å². The lowest BCUT2D eigenvalue weighted by Gasteiger charge is -2.11. The van der Waals surface area contributed by atoms with E-state index in [1.807, 2.05) is 57.2 Å². The average Bonchev–Trinajstić information content (AvgIpc) is 3.30. The zero-order valence-corrected chi connectivity index (χ0v) is 18.9. The van der Waals surface area contributed by atoms with Crippen molar-refractivity contribution in [1.29, 1.82) is 0 Å². The van der Waals surface area contributed by atoms with Gasteiger partial charge in [0.05, 0.1) is 27.8 Å². The first-order valence-corrected chi connectivity index (χ1v) is 10.9. The number of hydrogen-bond acceptors (Lipinski definition) is 4. The maximum Gasteiger partial charge on any atom is 0.261 e. The van der Waals surface area contributed by atoms with E-state index >= 15 is 0 Å². The number of hydrogen-bond donors (Lipinski definition) is 2. The van der Waals surface area contributed by atoms with Crippen LogP contribution < -0.4 is 10.6 Å². The molecule has 4 aromatic rings. The highest BCUT2D eigenvalue weighted by molar-refractivity contribution is 7.20. The van der Waals surface area contributed by atoms with Crippen molar-refractivity contribution in [1.82, 2.24) is 15.1 Å². The van der Waals surface area contributed by atoms with Crippen LogP contribution in [0, 0.1) is 20.8 Å². The molecular weight excluding hydrogens is 432 g/mol. The fourth-order valence-electron chi connectivity index (χ4n) is 3.39. The number of aryl methyl sites for hydroxylation is 3. The van der Waals surface area contributed by atoms with Crippen LogP contribution in [0.5, 0.6) is 0 Å². The third-order valence-corrected chi connectivity index (χ3v) is 6.43. The Morgan fingerprint density at radius 2 is 1.77 bits per heavy atom. The van der Waals surface area contributed by atoms with Crippen molar-refractivity contribution in [3.8, 4) is 5.69 Å². The maximum atomic E-state index is 12.7. The minimum absolute atomic E-state index is 0.115. The molecule has 0 aliphatic rings. The van der Waals surface area contributed by atoms with Gasteiger partial charge in [-0.2, -0.15) is 5.10 Å². The zero-order chi connectivity index (χ0) is 22.1. The fraction of sp³-hybridized carbons (Fsp3) is 0.174. The molecule has 0 radical (unpaired) electrons. The molecule has 0 saturated heterocycles. The molecule has 0 bridgehead atoms. The van der Waals surface area contributed by atoms with Crippen molar-refractivity contribution >= 4 is 50.7 Å². The summed E-state index contributed by atoms with van der Waals surface area (Å²) in [7, 11) is 0. The molecule has 0 aliphatic carbocycles. The lowest BCUT2D eigenvalue weighted by Crippen LogP contribution is -2.32. The minimum Gasteiger partial charge on any atom is -0.342 e. The van der Waals surface area contributed by atoms with Crippen LogP contribution in [0.3, 0.4) is 0 Å². The van der Waals surface area contributed by atoms with Gasteiger partial charge < -0.3 is 10.6 Å². The monoisotopic (exact) mass is 452 g/mol. The number of carbonyl (C=O) groups excluding carboxylic acids is 2. The summed E-state index contributed by atoms with van der Waals surface area (Å²) in [5.41, 5.74) is 4.29.